The fraction of sp³-hybridized carbons (Fsp3) is 0.690. The van der Waals surface area contributed by atoms with Crippen LogP contribution in [0.15, 0.2) is 30.3 Å². The first-order chi connectivity index (χ1) is 18.0. The van der Waals surface area contributed by atoms with Crippen LogP contribution in [0.5, 0.6) is 0 Å². The second kappa shape index (κ2) is 18.7. The molecule has 0 bridgehead atoms. The van der Waals surface area contributed by atoms with E-state index in [9.17, 15) is 39.9 Å². The molecule has 0 spiro atoms. The monoisotopic (exact) mass is 540 g/mol. The molecule has 6 N–H and O–H groups in total. The molecule has 0 aliphatic rings. The van der Waals surface area contributed by atoms with Crippen molar-refractivity contribution in [2.45, 2.75) is 85.0 Å². The number of aromatic carboxylic acids is 1. The summed E-state index contributed by atoms with van der Waals surface area (Å²) in [6, 6.07) is 8.30. The second-order valence-corrected chi connectivity index (χ2v) is 10.4. The van der Waals surface area contributed by atoms with E-state index in [1.54, 1.807) is 37.3 Å². The standard InChI is InChI=1S/C22H42O7.C7H6O2/c1-4-17(19(26)27)10-6-8-12-22(16-25,21(3,14-23)15-24)13-9-7-11-18(5-2)20(28)29;8-7(9)6-4-2-1-3-5-6/h17-18,23-25H,4-16H2,1-3H3,(H,26,27)(H,28,29);1-5H,(H,8,9). The molecule has 0 fully saturated rings. The fourth-order valence-corrected chi connectivity index (χ4v) is 4.76. The number of benzene rings is 1. The number of hydrogen-bond donors (Lipinski definition) is 6. The third-order valence-electron chi connectivity index (χ3n) is 7.90. The highest BCUT2D eigenvalue weighted by Gasteiger charge is 2.46. The van der Waals surface area contributed by atoms with Gasteiger partial charge in [-0.1, -0.05) is 64.7 Å². The first kappa shape index (κ1) is 35.5. The number of carboxylic acid groups (broad SMARTS) is 3. The van der Waals surface area contributed by atoms with Crippen molar-refractivity contribution in [1.29, 1.82) is 0 Å². The van der Waals surface area contributed by atoms with E-state index in [1.165, 1.54) is 0 Å². The Morgan fingerprint density at radius 2 is 1.13 bits per heavy atom. The predicted octanol–water partition coefficient (Wildman–Crippen LogP) is 4.68. The summed E-state index contributed by atoms with van der Waals surface area (Å²) in [5.74, 6) is -3.21. The maximum absolute atomic E-state index is 11.2. The molecule has 9 nitrogen and oxygen atoms in total. The Morgan fingerprint density at radius 3 is 1.39 bits per heavy atom. The third kappa shape index (κ3) is 11.5. The second-order valence-electron chi connectivity index (χ2n) is 10.4. The molecule has 38 heavy (non-hydrogen) atoms. The molecule has 1 aromatic carbocycles. The van der Waals surface area contributed by atoms with E-state index in [-0.39, 0.29) is 31.7 Å². The Kier molecular flexibility index (Phi) is 17.5. The Labute approximate surface area is 226 Å². The highest BCUT2D eigenvalue weighted by Crippen LogP contribution is 2.47. The normalized spacial score (nSPS) is 14.5. The van der Waals surface area contributed by atoms with E-state index in [2.05, 4.69) is 0 Å². The van der Waals surface area contributed by atoms with Gasteiger partial charge in [-0.05, 0) is 50.7 Å². The highest BCUT2D eigenvalue weighted by atomic mass is 16.4. The van der Waals surface area contributed by atoms with E-state index in [0.717, 1.165) is 0 Å². The molecule has 0 amide bonds. The largest absolute Gasteiger partial charge is 0.481 e. The summed E-state index contributed by atoms with van der Waals surface area (Å²) in [7, 11) is 0. The molecular formula is C29H48O9. The van der Waals surface area contributed by atoms with Gasteiger partial charge in [-0.2, -0.15) is 0 Å². The van der Waals surface area contributed by atoms with Crippen LogP contribution in [0.1, 0.15) is 95.3 Å². The topological polar surface area (TPSA) is 173 Å². The van der Waals surface area contributed by atoms with Crippen molar-refractivity contribution in [2.24, 2.45) is 22.7 Å². The summed E-state index contributed by atoms with van der Waals surface area (Å²) in [4.78, 5) is 32.6. The van der Waals surface area contributed by atoms with Crippen LogP contribution >= 0.6 is 0 Å². The van der Waals surface area contributed by atoms with E-state index in [4.69, 9.17) is 5.11 Å². The molecule has 9 heteroatoms. The minimum Gasteiger partial charge on any atom is -0.481 e. The quantitative estimate of drug-likeness (QED) is 0.136. The lowest BCUT2D eigenvalue weighted by Gasteiger charge is -2.46. The smallest absolute Gasteiger partial charge is 0.335 e. The molecule has 218 valence electrons. The fourth-order valence-electron chi connectivity index (χ4n) is 4.76. The lowest BCUT2D eigenvalue weighted by atomic mass is 9.60. The predicted molar refractivity (Wildman–Crippen MR) is 145 cm³/mol. The van der Waals surface area contributed by atoms with Crippen molar-refractivity contribution in [3.8, 4) is 0 Å². The van der Waals surface area contributed by atoms with Crippen LogP contribution < -0.4 is 0 Å². The SMILES string of the molecule is CCC(CCCCC(CO)(CCCCC(CC)C(=O)O)C(C)(CO)CO)C(=O)O.O=C(O)c1ccccc1. The summed E-state index contributed by atoms with van der Waals surface area (Å²) in [6.07, 6.45) is 6.26. The number of rotatable bonds is 19. The van der Waals surface area contributed by atoms with Crippen LogP contribution in [-0.2, 0) is 9.59 Å². The van der Waals surface area contributed by atoms with Gasteiger partial charge in [0.1, 0.15) is 0 Å². The van der Waals surface area contributed by atoms with Crippen LogP contribution in [0, 0.1) is 22.7 Å². The molecule has 2 atom stereocenters. The zero-order valence-corrected chi connectivity index (χ0v) is 23.1. The molecular weight excluding hydrogens is 492 g/mol. The van der Waals surface area contributed by atoms with Crippen molar-refractivity contribution in [2.75, 3.05) is 19.8 Å². The van der Waals surface area contributed by atoms with Crippen LogP contribution in [-0.4, -0.2) is 68.4 Å². The Hall–Kier alpha value is -2.49. The molecule has 0 aromatic heterocycles. The van der Waals surface area contributed by atoms with Crippen LogP contribution in [0.2, 0.25) is 0 Å². The van der Waals surface area contributed by atoms with Gasteiger partial charge in [0.2, 0.25) is 0 Å². The molecule has 2 unspecified atom stereocenters. The molecule has 1 aromatic rings. The Bertz CT molecular complexity index is 776. The number of unbranched alkanes of at least 4 members (excludes halogenated alkanes) is 2. The van der Waals surface area contributed by atoms with E-state index in [0.29, 0.717) is 69.8 Å². The number of aliphatic carboxylic acids is 2. The van der Waals surface area contributed by atoms with Gasteiger partial charge in [-0.3, -0.25) is 9.59 Å². The first-order valence-electron chi connectivity index (χ1n) is 13.5. The number of carbonyl (C=O) groups is 3. The first-order valence-corrected chi connectivity index (χ1v) is 13.5. The minimum atomic E-state index is -0.879. The summed E-state index contributed by atoms with van der Waals surface area (Å²) < 4.78 is 0. The molecule has 0 saturated heterocycles. The van der Waals surface area contributed by atoms with E-state index in [1.807, 2.05) is 13.8 Å². The van der Waals surface area contributed by atoms with Gasteiger partial charge in [-0.25, -0.2) is 4.79 Å². The van der Waals surface area contributed by atoms with Crippen molar-refractivity contribution in [1.82, 2.24) is 0 Å². The lowest BCUT2D eigenvalue weighted by Crippen LogP contribution is -2.48. The number of hydrogen-bond acceptors (Lipinski definition) is 6. The molecule has 1 rings (SSSR count). The maximum Gasteiger partial charge on any atom is 0.335 e. The Balaban J connectivity index is 0.00000127. The average molecular weight is 541 g/mol. The number of aliphatic hydroxyl groups excluding tert-OH is 3. The zero-order valence-electron chi connectivity index (χ0n) is 23.1. The van der Waals surface area contributed by atoms with Gasteiger partial charge in [0.15, 0.2) is 0 Å². The molecule has 0 saturated carbocycles. The van der Waals surface area contributed by atoms with Gasteiger partial charge in [0, 0.05) is 17.4 Å². The summed E-state index contributed by atoms with van der Waals surface area (Å²) >= 11 is 0. The lowest BCUT2D eigenvalue weighted by molar-refractivity contribution is -0.143. The van der Waals surface area contributed by atoms with E-state index < -0.39 is 28.7 Å². The van der Waals surface area contributed by atoms with Gasteiger partial charge < -0.3 is 30.6 Å². The number of carboxylic acids is 3. The van der Waals surface area contributed by atoms with Gasteiger partial charge in [-0.15, -0.1) is 0 Å². The van der Waals surface area contributed by atoms with Crippen LogP contribution in [0.3, 0.4) is 0 Å². The maximum atomic E-state index is 11.2. The van der Waals surface area contributed by atoms with Gasteiger partial charge in [0.05, 0.1) is 30.6 Å². The molecule has 0 heterocycles. The van der Waals surface area contributed by atoms with Gasteiger partial charge in [0.25, 0.3) is 0 Å². The number of aliphatic hydroxyl groups is 3. The van der Waals surface area contributed by atoms with Gasteiger partial charge >= 0.3 is 17.9 Å². The highest BCUT2D eigenvalue weighted by molar-refractivity contribution is 5.87. The van der Waals surface area contributed by atoms with Crippen molar-refractivity contribution in [3.05, 3.63) is 35.9 Å². The molecule has 0 radical (unpaired) electrons. The molecule has 0 aliphatic heterocycles. The third-order valence-corrected chi connectivity index (χ3v) is 7.90. The van der Waals surface area contributed by atoms with Crippen LogP contribution in [0.4, 0.5) is 0 Å². The van der Waals surface area contributed by atoms with Crippen LogP contribution in [0.25, 0.3) is 0 Å². The van der Waals surface area contributed by atoms with Crippen molar-refractivity contribution in [3.63, 3.8) is 0 Å². The van der Waals surface area contributed by atoms with Crippen molar-refractivity contribution < 1.29 is 45.0 Å². The summed E-state index contributed by atoms with van der Waals surface area (Å²) in [5.41, 5.74) is -1.22. The minimum absolute atomic E-state index is 0.184. The average Bonchev–Trinajstić information content (AvgIpc) is 2.91. The summed E-state index contributed by atoms with van der Waals surface area (Å²) in [5, 5.41) is 56.9. The van der Waals surface area contributed by atoms with E-state index >= 15 is 0 Å². The molecule has 0 aliphatic carbocycles. The van der Waals surface area contributed by atoms with Crippen molar-refractivity contribution >= 4 is 17.9 Å². The zero-order chi connectivity index (χ0) is 29.2. The summed E-state index contributed by atoms with van der Waals surface area (Å²) in [6.45, 7) is 4.77. The Morgan fingerprint density at radius 1 is 0.711 bits per heavy atom.